The van der Waals surface area contributed by atoms with Crippen molar-refractivity contribution in [1.29, 1.82) is 0 Å². The molecular weight excluding hydrogens is 358 g/mol. The van der Waals surface area contributed by atoms with Crippen LogP contribution in [-0.4, -0.2) is 118 Å². The smallest absolute Gasteiger partial charge is 0.131 e. The van der Waals surface area contributed by atoms with Crippen molar-refractivity contribution in [2.75, 3.05) is 79.2 Å². The Bertz CT molecular complexity index is 368. The van der Waals surface area contributed by atoms with Crippen LogP contribution in [0.3, 0.4) is 0 Å². The topological polar surface area (TPSA) is 117 Å². The minimum Gasteiger partial charge on any atom is -0.395 e. The molecule has 0 saturated carbocycles. The first kappa shape index (κ1) is 22.9. The molecule has 0 aromatic rings. The minimum atomic E-state index is -0.888. The number of aliphatic hydroxyl groups excluding tert-OH is 3. The van der Waals surface area contributed by atoms with Crippen LogP contribution in [0.1, 0.15) is 13.3 Å². The lowest BCUT2D eigenvalue weighted by molar-refractivity contribution is -0.111. The molecule has 2 heterocycles. The third kappa shape index (κ3) is 9.12. The van der Waals surface area contributed by atoms with E-state index in [0.29, 0.717) is 33.0 Å². The lowest BCUT2D eigenvalue weighted by Gasteiger charge is -2.33. The second-order valence-electron chi connectivity index (χ2n) is 7.27. The molecule has 2 saturated heterocycles. The van der Waals surface area contributed by atoms with E-state index < -0.39 is 6.23 Å². The van der Waals surface area contributed by atoms with Crippen molar-refractivity contribution >= 4 is 0 Å². The van der Waals surface area contributed by atoms with Crippen LogP contribution in [0.2, 0.25) is 0 Å². The van der Waals surface area contributed by atoms with Gasteiger partial charge in [-0.25, -0.2) is 0 Å². The predicted octanol–water partition coefficient (Wildman–Crippen LogP) is -1.16. The van der Waals surface area contributed by atoms with Crippen LogP contribution in [-0.2, 0) is 23.7 Å². The zero-order valence-corrected chi connectivity index (χ0v) is 16.3. The summed E-state index contributed by atoms with van der Waals surface area (Å²) >= 11 is 0. The standard InChI is InChI=1S/C18H35NO8/c1-2-18(12-23-7-15-9-26-15,13-24-8-16-10-27-16)14-25-11-17(22)19(3-5-20)4-6-21/h15-17,20-22H,2-14H2,1H3. The maximum absolute atomic E-state index is 10.2. The molecule has 0 aromatic carbocycles. The Morgan fingerprint density at radius 2 is 1.44 bits per heavy atom. The lowest BCUT2D eigenvalue weighted by Crippen LogP contribution is -2.44. The largest absolute Gasteiger partial charge is 0.395 e. The number of nitrogens with zero attached hydrogens (tertiary/aromatic N) is 1. The van der Waals surface area contributed by atoms with Gasteiger partial charge < -0.3 is 39.0 Å². The van der Waals surface area contributed by atoms with Crippen molar-refractivity contribution in [3.05, 3.63) is 0 Å². The molecule has 2 fully saturated rings. The number of ether oxygens (including phenoxy) is 5. The molecule has 2 aliphatic heterocycles. The Balaban J connectivity index is 1.78. The van der Waals surface area contributed by atoms with E-state index in [0.717, 1.165) is 19.6 Å². The summed E-state index contributed by atoms with van der Waals surface area (Å²) in [4.78, 5) is 1.58. The molecule has 0 spiro atoms. The van der Waals surface area contributed by atoms with Gasteiger partial charge in [-0.2, -0.15) is 0 Å². The van der Waals surface area contributed by atoms with Gasteiger partial charge >= 0.3 is 0 Å². The molecule has 2 rings (SSSR count). The van der Waals surface area contributed by atoms with Crippen molar-refractivity contribution in [3.8, 4) is 0 Å². The van der Waals surface area contributed by atoms with Crippen molar-refractivity contribution in [2.45, 2.75) is 31.8 Å². The maximum atomic E-state index is 10.2. The van der Waals surface area contributed by atoms with E-state index in [9.17, 15) is 5.11 Å². The first-order valence-electron chi connectivity index (χ1n) is 9.72. The van der Waals surface area contributed by atoms with Crippen LogP contribution in [0.4, 0.5) is 0 Å². The summed E-state index contributed by atoms with van der Waals surface area (Å²) < 4.78 is 27.8. The van der Waals surface area contributed by atoms with Gasteiger partial charge in [0.2, 0.25) is 0 Å². The predicted molar refractivity (Wildman–Crippen MR) is 96.4 cm³/mol. The molecule has 9 heteroatoms. The van der Waals surface area contributed by atoms with Crippen LogP contribution < -0.4 is 0 Å². The molecule has 0 aromatic heterocycles. The zero-order valence-electron chi connectivity index (χ0n) is 16.3. The number of hydrogen-bond donors (Lipinski definition) is 3. The fourth-order valence-corrected chi connectivity index (χ4v) is 2.73. The summed E-state index contributed by atoms with van der Waals surface area (Å²) in [5.41, 5.74) is -0.317. The first-order valence-corrected chi connectivity index (χ1v) is 9.72. The third-order valence-corrected chi connectivity index (χ3v) is 4.85. The average Bonchev–Trinajstić information content (AvgIpc) is 3.56. The van der Waals surface area contributed by atoms with Crippen LogP contribution in [0.5, 0.6) is 0 Å². The Labute approximate surface area is 161 Å². The van der Waals surface area contributed by atoms with E-state index in [-0.39, 0.29) is 50.5 Å². The molecule has 0 aliphatic carbocycles. The fourth-order valence-electron chi connectivity index (χ4n) is 2.73. The molecule has 27 heavy (non-hydrogen) atoms. The quantitative estimate of drug-likeness (QED) is 0.196. The first-order chi connectivity index (χ1) is 13.1. The molecule has 0 bridgehead atoms. The van der Waals surface area contributed by atoms with Crippen LogP contribution >= 0.6 is 0 Å². The summed E-state index contributed by atoms with van der Waals surface area (Å²) in [6.45, 7) is 6.51. The number of hydrogen-bond acceptors (Lipinski definition) is 9. The maximum Gasteiger partial charge on any atom is 0.131 e. The number of aliphatic hydroxyl groups is 3. The SMILES string of the molecule is CCC(COCC1CO1)(COCC1CO1)COCC(O)N(CCO)CCO. The normalized spacial score (nSPS) is 24.8. The highest BCUT2D eigenvalue weighted by atomic mass is 16.6. The zero-order chi connectivity index (χ0) is 19.5. The second kappa shape index (κ2) is 12.3. The molecule has 2 aliphatic rings. The Morgan fingerprint density at radius 3 is 1.85 bits per heavy atom. The average molecular weight is 393 g/mol. The number of epoxide rings is 2. The van der Waals surface area contributed by atoms with E-state index in [1.165, 1.54) is 0 Å². The van der Waals surface area contributed by atoms with Gasteiger partial charge in [0.25, 0.3) is 0 Å². The van der Waals surface area contributed by atoms with Gasteiger partial charge in [-0.1, -0.05) is 6.92 Å². The second-order valence-corrected chi connectivity index (χ2v) is 7.27. The summed E-state index contributed by atoms with van der Waals surface area (Å²) in [7, 11) is 0. The van der Waals surface area contributed by atoms with E-state index in [1.54, 1.807) is 4.90 Å². The summed E-state index contributed by atoms with van der Waals surface area (Å²) in [5.74, 6) is 0. The molecular formula is C18H35NO8. The van der Waals surface area contributed by atoms with Crippen molar-refractivity contribution < 1.29 is 39.0 Å². The summed E-state index contributed by atoms with van der Waals surface area (Å²) in [6.07, 6.45) is 0.319. The van der Waals surface area contributed by atoms with Crippen LogP contribution in [0.15, 0.2) is 0 Å². The lowest BCUT2D eigenvalue weighted by atomic mass is 9.88. The van der Waals surface area contributed by atoms with Gasteiger partial charge in [-0.15, -0.1) is 0 Å². The molecule has 160 valence electrons. The van der Waals surface area contributed by atoms with Gasteiger partial charge in [0.05, 0.1) is 66.1 Å². The Morgan fingerprint density at radius 1 is 0.963 bits per heavy atom. The number of rotatable bonds is 18. The van der Waals surface area contributed by atoms with Crippen LogP contribution in [0, 0.1) is 5.41 Å². The Hall–Kier alpha value is -0.360. The van der Waals surface area contributed by atoms with Gasteiger partial charge in [0.15, 0.2) is 0 Å². The van der Waals surface area contributed by atoms with Gasteiger partial charge in [-0.3, -0.25) is 4.90 Å². The summed E-state index contributed by atoms with van der Waals surface area (Å²) in [6, 6.07) is 0. The van der Waals surface area contributed by atoms with E-state index >= 15 is 0 Å². The van der Waals surface area contributed by atoms with E-state index in [4.69, 9.17) is 33.9 Å². The molecule has 9 nitrogen and oxygen atoms in total. The van der Waals surface area contributed by atoms with Gasteiger partial charge in [-0.05, 0) is 6.42 Å². The van der Waals surface area contributed by atoms with Gasteiger partial charge in [0.1, 0.15) is 18.4 Å². The van der Waals surface area contributed by atoms with Crippen molar-refractivity contribution in [2.24, 2.45) is 5.41 Å². The Kier molecular flexibility index (Phi) is 10.4. The van der Waals surface area contributed by atoms with Crippen LogP contribution in [0.25, 0.3) is 0 Å². The van der Waals surface area contributed by atoms with Crippen molar-refractivity contribution in [3.63, 3.8) is 0 Å². The highest BCUT2D eigenvalue weighted by molar-refractivity contribution is 4.80. The molecule has 3 atom stereocenters. The van der Waals surface area contributed by atoms with Crippen molar-refractivity contribution in [1.82, 2.24) is 4.90 Å². The van der Waals surface area contributed by atoms with Gasteiger partial charge in [0, 0.05) is 18.5 Å². The molecule has 3 N–H and O–H groups in total. The molecule has 0 radical (unpaired) electrons. The molecule has 0 amide bonds. The monoisotopic (exact) mass is 393 g/mol. The minimum absolute atomic E-state index is 0.0826. The highest BCUT2D eigenvalue weighted by Gasteiger charge is 2.33. The fraction of sp³-hybridized carbons (Fsp3) is 1.00. The third-order valence-electron chi connectivity index (χ3n) is 4.85. The highest BCUT2D eigenvalue weighted by Crippen LogP contribution is 2.26. The molecule has 3 unspecified atom stereocenters. The van der Waals surface area contributed by atoms with E-state index in [2.05, 4.69) is 6.92 Å². The van der Waals surface area contributed by atoms with E-state index in [1.807, 2.05) is 0 Å². The summed E-state index contributed by atoms with van der Waals surface area (Å²) in [5, 5.41) is 28.4.